The molecule has 1 atom stereocenters. The van der Waals surface area contributed by atoms with Crippen LogP contribution in [0.25, 0.3) is 0 Å². The fourth-order valence-electron chi connectivity index (χ4n) is 5.53. The standard InChI is InChI=1S/C27H30F3N5O3/c28-27(29,30)26(8-3-9-26)25(38)35(21-5-2-10-31-15-21)16-23(37)33-20-7-6-17-12-18-4-1-11-32-24(18)34-22(36)14-19(17)13-20/h1,4,6-7,11,13,21,31H,2-3,5,8-10,12,14-16H2,(H,33,37)(H,32,34,36)/t21-/m0/s1. The molecule has 11 heteroatoms. The molecule has 1 saturated heterocycles. The van der Waals surface area contributed by atoms with Gasteiger partial charge in [0.2, 0.25) is 17.7 Å². The zero-order valence-corrected chi connectivity index (χ0v) is 20.9. The number of benzene rings is 1. The van der Waals surface area contributed by atoms with Gasteiger partial charge in [0.1, 0.15) is 17.8 Å². The van der Waals surface area contributed by atoms with E-state index in [0.717, 1.165) is 28.1 Å². The summed E-state index contributed by atoms with van der Waals surface area (Å²) in [6.07, 6.45) is -1.35. The smallest absolute Gasteiger partial charge is 0.328 e. The highest BCUT2D eigenvalue weighted by molar-refractivity contribution is 5.97. The number of nitrogens with zero attached hydrogens (tertiary/aromatic N) is 2. The average Bonchev–Trinajstić information content (AvgIpc) is 2.83. The lowest BCUT2D eigenvalue weighted by Gasteiger charge is -2.46. The van der Waals surface area contributed by atoms with Gasteiger partial charge in [0, 0.05) is 30.9 Å². The number of hydrogen-bond donors (Lipinski definition) is 3. The van der Waals surface area contributed by atoms with Crippen molar-refractivity contribution in [2.75, 3.05) is 30.3 Å². The second-order valence-electron chi connectivity index (χ2n) is 10.3. The van der Waals surface area contributed by atoms with Crippen LogP contribution in [0.4, 0.5) is 24.7 Å². The van der Waals surface area contributed by atoms with E-state index in [1.54, 1.807) is 24.4 Å². The number of nitrogens with one attached hydrogen (secondary N) is 3. The predicted molar refractivity (Wildman–Crippen MR) is 134 cm³/mol. The summed E-state index contributed by atoms with van der Waals surface area (Å²) >= 11 is 0. The molecule has 0 bridgehead atoms. The van der Waals surface area contributed by atoms with E-state index in [1.165, 1.54) is 0 Å². The second-order valence-corrected chi connectivity index (χ2v) is 10.3. The molecule has 1 aliphatic carbocycles. The predicted octanol–water partition coefficient (Wildman–Crippen LogP) is 3.42. The van der Waals surface area contributed by atoms with Gasteiger partial charge in [-0.15, -0.1) is 0 Å². The van der Waals surface area contributed by atoms with Crippen LogP contribution in [0.1, 0.15) is 48.8 Å². The van der Waals surface area contributed by atoms with Crippen LogP contribution in [0, 0.1) is 5.41 Å². The Kier molecular flexibility index (Phi) is 7.13. The van der Waals surface area contributed by atoms with Crippen LogP contribution in [-0.2, 0) is 27.2 Å². The molecule has 8 nitrogen and oxygen atoms in total. The van der Waals surface area contributed by atoms with Gasteiger partial charge >= 0.3 is 6.18 Å². The highest BCUT2D eigenvalue weighted by atomic mass is 19.4. The summed E-state index contributed by atoms with van der Waals surface area (Å²) in [5, 5.41) is 8.66. The molecule has 0 radical (unpaired) electrons. The molecule has 3 amide bonds. The summed E-state index contributed by atoms with van der Waals surface area (Å²) in [4.78, 5) is 44.3. The monoisotopic (exact) mass is 529 g/mol. The van der Waals surface area contributed by atoms with E-state index in [9.17, 15) is 27.6 Å². The van der Waals surface area contributed by atoms with Gasteiger partial charge in [-0.2, -0.15) is 13.2 Å². The maximum atomic E-state index is 14.0. The van der Waals surface area contributed by atoms with Crippen molar-refractivity contribution in [2.24, 2.45) is 5.41 Å². The molecule has 5 rings (SSSR count). The number of halogens is 3. The van der Waals surface area contributed by atoms with Gasteiger partial charge < -0.3 is 20.9 Å². The molecule has 202 valence electrons. The van der Waals surface area contributed by atoms with Crippen molar-refractivity contribution in [2.45, 2.75) is 57.2 Å². The zero-order valence-electron chi connectivity index (χ0n) is 20.9. The normalized spacial score (nSPS) is 20.5. The number of carbonyl (C=O) groups excluding carboxylic acids is 3. The van der Waals surface area contributed by atoms with Gasteiger partial charge in [0.25, 0.3) is 0 Å². The van der Waals surface area contributed by atoms with Crippen molar-refractivity contribution in [3.05, 3.63) is 53.2 Å². The number of fused-ring (bicyclic) bond motifs is 2. The molecule has 2 aromatic rings. The summed E-state index contributed by atoms with van der Waals surface area (Å²) in [5.74, 6) is -1.31. The third-order valence-corrected chi connectivity index (χ3v) is 7.82. The maximum absolute atomic E-state index is 14.0. The molecular weight excluding hydrogens is 499 g/mol. The first-order chi connectivity index (χ1) is 18.2. The molecule has 1 aromatic carbocycles. The SMILES string of the molecule is O=C(CN(C(=O)C1(C(F)(F)F)CCC1)[C@H]1CCCNC1)Nc1ccc2c(c1)CC(=O)Nc1ncccc1C2. The van der Waals surface area contributed by atoms with Gasteiger partial charge in [-0.05, 0) is 67.1 Å². The highest BCUT2D eigenvalue weighted by Crippen LogP contribution is 2.54. The zero-order chi connectivity index (χ0) is 26.9. The molecule has 0 unspecified atom stereocenters. The Morgan fingerprint density at radius 3 is 2.61 bits per heavy atom. The Hall–Kier alpha value is -3.47. The van der Waals surface area contributed by atoms with E-state index in [4.69, 9.17) is 0 Å². The Morgan fingerprint density at radius 1 is 1.11 bits per heavy atom. The molecule has 2 fully saturated rings. The third-order valence-electron chi connectivity index (χ3n) is 7.82. The Bertz CT molecular complexity index is 1240. The summed E-state index contributed by atoms with van der Waals surface area (Å²) in [6.45, 7) is 0.593. The quantitative estimate of drug-likeness (QED) is 0.551. The molecule has 3 aliphatic rings. The minimum absolute atomic E-state index is 0.0848. The van der Waals surface area contributed by atoms with E-state index < -0.39 is 36.0 Å². The van der Waals surface area contributed by atoms with Crippen LogP contribution in [0.3, 0.4) is 0 Å². The molecule has 1 saturated carbocycles. The van der Waals surface area contributed by atoms with E-state index in [-0.39, 0.29) is 25.2 Å². The number of alkyl halides is 3. The molecular formula is C27H30F3N5O3. The number of aromatic nitrogens is 1. The first-order valence-electron chi connectivity index (χ1n) is 12.9. The van der Waals surface area contributed by atoms with Crippen LogP contribution < -0.4 is 16.0 Å². The summed E-state index contributed by atoms with van der Waals surface area (Å²) < 4.78 is 41.9. The van der Waals surface area contributed by atoms with Crippen molar-refractivity contribution in [3.63, 3.8) is 0 Å². The lowest BCUT2D eigenvalue weighted by atomic mass is 9.67. The van der Waals surface area contributed by atoms with Crippen LogP contribution in [0.15, 0.2) is 36.5 Å². The number of carbonyl (C=O) groups is 3. The third kappa shape index (κ3) is 5.11. The fourth-order valence-corrected chi connectivity index (χ4v) is 5.53. The number of hydrogen-bond acceptors (Lipinski definition) is 5. The van der Waals surface area contributed by atoms with Crippen molar-refractivity contribution in [1.29, 1.82) is 0 Å². The summed E-state index contributed by atoms with van der Waals surface area (Å²) in [7, 11) is 0. The fraction of sp³-hybridized carbons (Fsp3) is 0.481. The van der Waals surface area contributed by atoms with Crippen molar-refractivity contribution >= 4 is 29.2 Å². The first-order valence-corrected chi connectivity index (χ1v) is 12.9. The van der Waals surface area contributed by atoms with E-state index in [2.05, 4.69) is 20.9 Å². The first kappa shape index (κ1) is 26.1. The Morgan fingerprint density at radius 2 is 1.92 bits per heavy atom. The van der Waals surface area contributed by atoms with Gasteiger partial charge in [0.15, 0.2) is 0 Å². The molecule has 0 spiro atoms. The topological polar surface area (TPSA) is 103 Å². The van der Waals surface area contributed by atoms with E-state index in [1.807, 2.05) is 12.1 Å². The van der Waals surface area contributed by atoms with E-state index >= 15 is 0 Å². The van der Waals surface area contributed by atoms with Crippen molar-refractivity contribution < 1.29 is 27.6 Å². The van der Waals surface area contributed by atoms with Gasteiger partial charge in [-0.25, -0.2) is 4.98 Å². The average molecular weight is 530 g/mol. The molecule has 2 aliphatic heterocycles. The summed E-state index contributed by atoms with van der Waals surface area (Å²) in [5.41, 5.74) is 0.505. The summed E-state index contributed by atoms with van der Waals surface area (Å²) in [6, 6.07) is 8.41. The number of piperidine rings is 1. The Labute approximate surface area is 218 Å². The number of amides is 3. The second kappa shape index (κ2) is 10.4. The highest BCUT2D eigenvalue weighted by Gasteiger charge is 2.64. The minimum Gasteiger partial charge on any atom is -0.328 e. The van der Waals surface area contributed by atoms with Crippen LogP contribution in [0.2, 0.25) is 0 Å². The van der Waals surface area contributed by atoms with Crippen molar-refractivity contribution in [3.8, 4) is 0 Å². The van der Waals surface area contributed by atoms with Gasteiger partial charge in [-0.3, -0.25) is 14.4 Å². The molecule has 3 heterocycles. The number of anilines is 2. The number of rotatable bonds is 5. The molecule has 3 N–H and O–H groups in total. The van der Waals surface area contributed by atoms with Crippen LogP contribution in [0.5, 0.6) is 0 Å². The van der Waals surface area contributed by atoms with Gasteiger partial charge in [-0.1, -0.05) is 18.6 Å². The van der Waals surface area contributed by atoms with Gasteiger partial charge in [0.05, 0.1) is 6.42 Å². The van der Waals surface area contributed by atoms with E-state index in [0.29, 0.717) is 43.7 Å². The molecule has 1 aromatic heterocycles. The lowest BCUT2D eigenvalue weighted by Crippen LogP contribution is -2.61. The molecule has 38 heavy (non-hydrogen) atoms. The van der Waals surface area contributed by atoms with Crippen molar-refractivity contribution in [1.82, 2.24) is 15.2 Å². The largest absolute Gasteiger partial charge is 0.403 e. The van der Waals surface area contributed by atoms with Crippen LogP contribution in [-0.4, -0.2) is 59.5 Å². The Balaban J connectivity index is 1.34. The maximum Gasteiger partial charge on any atom is 0.403 e. The number of pyridine rings is 1. The lowest BCUT2D eigenvalue weighted by molar-refractivity contribution is -0.249. The van der Waals surface area contributed by atoms with Crippen LogP contribution >= 0.6 is 0 Å². The minimum atomic E-state index is -4.66.